The van der Waals surface area contributed by atoms with E-state index < -0.39 is 10.0 Å². The molecular weight excluding hydrogens is 352 g/mol. The van der Waals surface area contributed by atoms with Crippen LogP contribution in [0, 0.1) is 13.8 Å². The minimum absolute atomic E-state index is 0.0456. The van der Waals surface area contributed by atoms with Crippen molar-refractivity contribution in [2.24, 2.45) is 0 Å². The smallest absolute Gasteiger partial charge is 0.266 e. The predicted octanol–water partition coefficient (Wildman–Crippen LogP) is 2.79. The monoisotopic (exact) mass is 372 g/mol. The van der Waals surface area contributed by atoms with E-state index in [4.69, 9.17) is 0 Å². The van der Waals surface area contributed by atoms with Crippen LogP contribution in [-0.4, -0.2) is 28.8 Å². The molecule has 1 atom stereocenters. The number of nitrogens with zero attached hydrogens (tertiary/aromatic N) is 3. The first-order valence-electron chi connectivity index (χ1n) is 8.06. The predicted molar refractivity (Wildman–Crippen MR) is 99.4 cm³/mol. The molecular formula is C17H20N6O2S. The maximum Gasteiger partial charge on any atom is 0.266 e. The number of rotatable bonds is 6. The lowest BCUT2D eigenvalue weighted by Crippen LogP contribution is -2.16. The largest absolute Gasteiger partial charge is 0.362 e. The molecule has 8 nitrogen and oxygen atoms in total. The molecule has 0 aliphatic rings. The Morgan fingerprint density at radius 1 is 1.00 bits per heavy atom. The van der Waals surface area contributed by atoms with Gasteiger partial charge in [0.2, 0.25) is 0 Å². The summed E-state index contributed by atoms with van der Waals surface area (Å²) in [6.45, 7) is 5.29. The third kappa shape index (κ3) is 3.83. The number of H-pyrrole nitrogens is 1. The first-order chi connectivity index (χ1) is 12.4. The van der Waals surface area contributed by atoms with Gasteiger partial charge in [-0.15, -0.1) is 10.2 Å². The molecule has 0 fully saturated rings. The summed E-state index contributed by atoms with van der Waals surface area (Å²) in [6, 6.07) is 13.2. The number of benzene rings is 1. The van der Waals surface area contributed by atoms with Gasteiger partial charge < -0.3 is 5.32 Å². The van der Waals surface area contributed by atoms with Crippen molar-refractivity contribution < 1.29 is 8.42 Å². The highest BCUT2D eigenvalue weighted by Crippen LogP contribution is 2.21. The molecule has 0 bridgehead atoms. The molecule has 0 radical (unpaired) electrons. The number of anilines is 2. The van der Waals surface area contributed by atoms with Crippen LogP contribution >= 0.6 is 0 Å². The molecule has 0 saturated heterocycles. The van der Waals surface area contributed by atoms with E-state index in [1.165, 1.54) is 0 Å². The summed E-state index contributed by atoms with van der Waals surface area (Å²) in [5.41, 5.74) is 1.99. The third-order valence-electron chi connectivity index (χ3n) is 3.90. The molecule has 3 rings (SSSR count). The van der Waals surface area contributed by atoms with Crippen LogP contribution in [0.5, 0.6) is 0 Å². The Kier molecular flexibility index (Phi) is 4.90. The number of aromatic nitrogens is 4. The number of hydrogen-bond donors (Lipinski definition) is 3. The van der Waals surface area contributed by atoms with Gasteiger partial charge in [0.1, 0.15) is 10.7 Å². The summed E-state index contributed by atoms with van der Waals surface area (Å²) in [5, 5.41) is 17.8. The van der Waals surface area contributed by atoms with Gasteiger partial charge in [-0.05, 0) is 38.5 Å². The van der Waals surface area contributed by atoms with Crippen LogP contribution in [0.2, 0.25) is 0 Å². The molecule has 0 amide bonds. The van der Waals surface area contributed by atoms with Gasteiger partial charge in [0.05, 0.1) is 11.4 Å². The lowest BCUT2D eigenvalue weighted by molar-refractivity contribution is 0.600. The maximum absolute atomic E-state index is 12.5. The average Bonchev–Trinajstić information content (AvgIpc) is 2.96. The molecule has 3 N–H and O–H groups in total. The van der Waals surface area contributed by atoms with Crippen molar-refractivity contribution in [1.82, 2.24) is 20.4 Å². The standard InChI is InChI=1S/C17H20N6O2S/c1-11(14-7-5-4-6-8-14)18-15-9-10-16(22-21-15)23-26(24,25)17-12(2)19-20-13(17)3/h4-11H,1-3H3,(H,18,21)(H,19,20)(H,22,23). The van der Waals surface area contributed by atoms with Crippen molar-refractivity contribution in [1.29, 1.82) is 0 Å². The fourth-order valence-electron chi connectivity index (χ4n) is 2.64. The van der Waals surface area contributed by atoms with Crippen molar-refractivity contribution in [3.05, 3.63) is 59.4 Å². The van der Waals surface area contributed by atoms with Crippen LogP contribution in [-0.2, 0) is 10.0 Å². The van der Waals surface area contributed by atoms with Gasteiger partial charge in [0.25, 0.3) is 10.0 Å². The molecule has 2 heterocycles. The molecule has 2 aromatic heterocycles. The highest BCUT2D eigenvalue weighted by atomic mass is 32.2. The summed E-state index contributed by atoms with van der Waals surface area (Å²) in [7, 11) is -3.78. The number of aryl methyl sites for hydroxylation is 2. The number of hydrogen-bond acceptors (Lipinski definition) is 6. The SMILES string of the molecule is Cc1n[nH]c(C)c1S(=O)(=O)Nc1ccc(NC(C)c2ccccc2)nn1. The molecule has 26 heavy (non-hydrogen) atoms. The van der Waals surface area contributed by atoms with Crippen molar-refractivity contribution in [3.8, 4) is 0 Å². The number of aromatic amines is 1. The molecule has 0 aliphatic carbocycles. The second-order valence-corrected chi connectivity index (χ2v) is 7.57. The fourth-order valence-corrected chi connectivity index (χ4v) is 4.01. The van der Waals surface area contributed by atoms with Crippen LogP contribution < -0.4 is 10.0 Å². The van der Waals surface area contributed by atoms with E-state index in [0.717, 1.165) is 5.56 Å². The minimum Gasteiger partial charge on any atom is -0.362 e. The zero-order valence-corrected chi connectivity index (χ0v) is 15.5. The Bertz CT molecular complexity index is 964. The van der Waals surface area contributed by atoms with Crippen molar-refractivity contribution in [2.45, 2.75) is 31.7 Å². The first-order valence-corrected chi connectivity index (χ1v) is 9.55. The molecule has 0 spiro atoms. The average molecular weight is 372 g/mol. The highest BCUT2D eigenvalue weighted by molar-refractivity contribution is 7.92. The molecule has 9 heteroatoms. The molecule has 0 aliphatic heterocycles. The molecule has 136 valence electrons. The topological polar surface area (TPSA) is 113 Å². The van der Waals surface area contributed by atoms with Crippen LogP contribution in [0.4, 0.5) is 11.6 Å². The van der Waals surface area contributed by atoms with Gasteiger partial charge in [-0.1, -0.05) is 30.3 Å². The Hall–Kier alpha value is -2.94. The van der Waals surface area contributed by atoms with E-state index in [2.05, 4.69) is 30.4 Å². The number of nitrogens with one attached hydrogen (secondary N) is 3. The van der Waals surface area contributed by atoms with E-state index in [1.807, 2.05) is 37.3 Å². The lowest BCUT2D eigenvalue weighted by atomic mass is 10.1. The zero-order valence-electron chi connectivity index (χ0n) is 14.7. The van der Waals surface area contributed by atoms with Gasteiger partial charge >= 0.3 is 0 Å². The summed E-state index contributed by atoms with van der Waals surface area (Å²) < 4.78 is 27.4. The van der Waals surface area contributed by atoms with Gasteiger partial charge in [0.15, 0.2) is 5.82 Å². The Balaban J connectivity index is 1.72. The van der Waals surface area contributed by atoms with Gasteiger partial charge in [-0.25, -0.2) is 8.42 Å². The minimum atomic E-state index is -3.78. The van der Waals surface area contributed by atoms with Crippen LogP contribution in [0.25, 0.3) is 0 Å². The van der Waals surface area contributed by atoms with Crippen LogP contribution in [0.3, 0.4) is 0 Å². The van der Waals surface area contributed by atoms with Crippen molar-refractivity contribution in [2.75, 3.05) is 10.0 Å². The quantitative estimate of drug-likeness (QED) is 0.613. The second-order valence-electron chi connectivity index (χ2n) is 5.95. The van der Waals surface area contributed by atoms with E-state index in [1.54, 1.807) is 26.0 Å². The highest BCUT2D eigenvalue weighted by Gasteiger charge is 2.22. The molecule has 3 aromatic rings. The number of sulfonamides is 1. The summed E-state index contributed by atoms with van der Waals surface area (Å²) >= 11 is 0. The van der Waals surface area contributed by atoms with E-state index in [-0.39, 0.29) is 16.8 Å². The Labute approximate surface area is 152 Å². The zero-order chi connectivity index (χ0) is 18.7. The third-order valence-corrected chi connectivity index (χ3v) is 5.51. The summed E-state index contributed by atoms with van der Waals surface area (Å²) in [6.07, 6.45) is 0. The van der Waals surface area contributed by atoms with E-state index >= 15 is 0 Å². The maximum atomic E-state index is 12.5. The Morgan fingerprint density at radius 2 is 1.65 bits per heavy atom. The van der Waals surface area contributed by atoms with Crippen LogP contribution in [0.15, 0.2) is 47.4 Å². The van der Waals surface area contributed by atoms with E-state index in [0.29, 0.717) is 17.2 Å². The molecule has 0 saturated carbocycles. The van der Waals surface area contributed by atoms with Gasteiger partial charge in [-0.3, -0.25) is 9.82 Å². The first kappa shape index (κ1) is 17.9. The van der Waals surface area contributed by atoms with Gasteiger partial charge in [0, 0.05) is 6.04 Å². The lowest BCUT2D eigenvalue weighted by Gasteiger charge is -2.14. The summed E-state index contributed by atoms with van der Waals surface area (Å²) in [4.78, 5) is 0.124. The Morgan fingerprint density at radius 3 is 2.23 bits per heavy atom. The summed E-state index contributed by atoms with van der Waals surface area (Å²) in [5.74, 6) is 0.697. The fraction of sp³-hybridized carbons (Fsp3) is 0.235. The molecule has 1 aromatic carbocycles. The second kappa shape index (κ2) is 7.12. The van der Waals surface area contributed by atoms with Crippen molar-refractivity contribution in [3.63, 3.8) is 0 Å². The normalized spacial score (nSPS) is 12.6. The molecule has 1 unspecified atom stereocenters. The van der Waals surface area contributed by atoms with E-state index in [9.17, 15) is 8.42 Å². The van der Waals surface area contributed by atoms with Crippen LogP contribution in [0.1, 0.15) is 29.9 Å². The van der Waals surface area contributed by atoms with Crippen molar-refractivity contribution >= 4 is 21.7 Å². The van der Waals surface area contributed by atoms with Gasteiger partial charge in [-0.2, -0.15) is 5.10 Å².